The van der Waals surface area contributed by atoms with Gasteiger partial charge in [-0.05, 0) is 52.7 Å². The fourth-order valence-electron chi connectivity index (χ4n) is 2.20. The lowest BCUT2D eigenvalue weighted by Crippen LogP contribution is -2.05. The van der Waals surface area contributed by atoms with Crippen LogP contribution in [-0.4, -0.2) is 20.3 Å². The molecule has 1 aromatic carbocycles. The van der Waals surface area contributed by atoms with Crippen molar-refractivity contribution in [2.75, 3.05) is 0 Å². The van der Waals surface area contributed by atoms with Crippen molar-refractivity contribution in [2.24, 2.45) is 0 Å². The molecule has 3 N–H and O–H groups in total. The van der Waals surface area contributed by atoms with Crippen LogP contribution >= 0.6 is 27.3 Å². The second kappa shape index (κ2) is 6.26. The number of aromatic nitrogens is 1. The molecule has 1 aromatic rings. The van der Waals surface area contributed by atoms with Gasteiger partial charge in [-0.25, -0.2) is 4.98 Å². The highest BCUT2D eigenvalue weighted by Gasteiger charge is 2.14. The van der Waals surface area contributed by atoms with Crippen molar-refractivity contribution < 1.29 is 15.3 Å². The molecule has 0 unspecified atom stereocenters. The van der Waals surface area contributed by atoms with Gasteiger partial charge in [0.2, 0.25) is 5.43 Å². The van der Waals surface area contributed by atoms with Crippen LogP contribution in [0.1, 0.15) is 16.1 Å². The van der Waals surface area contributed by atoms with Gasteiger partial charge in [-0.3, -0.25) is 4.79 Å². The zero-order chi connectivity index (χ0) is 17.4. The molecule has 2 aliphatic rings. The van der Waals surface area contributed by atoms with Crippen LogP contribution in [0, 0.1) is 6.92 Å². The number of hydrogen-bond donors (Lipinski definition) is 3. The number of nitrogens with zero attached hydrogens (tertiary/aromatic N) is 1. The van der Waals surface area contributed by atoms with Crippen LogP contribution < -0.4 is 5.43 Å². The van der Waals surface area contributed by atoms with Gasteiger partial charge in [0.05, 0.1) is 9.35 Å². The van der Waals surface area contributed by atoms with E-state index in [-0.39, 0.29) is 22.7 Å². The van der Waals surface area contributed by atoms with Crippen LogP contribution in [0.2, 0.25) is 0 Å². The van der Waals surface area contributed by atoms with Gasteiger partial charge >= 0.3 is 0 Å². The molecule has 1 aliphatic heterocycles. The fraction of sp³-hybridized carbons (Fsp3) is 0.0588. The maximum atomic E-state index is 11.8. The van der Waals surface area contributed by atoms with Crippen molar-refractivity contribution in [3.63, 3.8) is 0 Å². The predicted octanol–water partition coefficient (Wildman–Crippen LogP) is 3.97. The first-order valence-corrected chi connectivity index (χ1v) is 8.49. The SMILES string of the molecule is Cc1cc2cnc(/C=C/c3cc(O)c(O)c(Br)c3)sc-2c(O)c1=O. The monoisotopic (exact) mass is 405 g/mol. The van der Waals surface area contributed by atoms with E-state index in [2.05, 4.69) is 20.9 Å². The molecule has 24 heavy (non-hydrogen) atoms. The average molecular weight is 406 g/mol. The zero-order valence-corrected chi connectivity index (χ0v) is 14.8. The van der Waals surface area contributed by atoms with E-state index in [9.17, 15) is 20.1 Å². The number of phenols is 3. The smallest absolute Gasteiger partial charge is 0.224 e. The Labute approximate surface area is 149 Å². The maximum Gasteiger partial charge on any atom is 0.224 e. The highest BCUT2D eigenvalue weighted by Crippen LogP contribution is 2.36. The van der Waals surface area contributed by atoms with Crippen molar-refractivity contribution >= 4 is 39.4 Å². The first kappa shape index (κ1) is 16.5. The number of halogens is 1. The van der Waals surface area contributed by atoms with E-state index < -0.39 is 0 Å². The summed E-state index contributed by atoms with van der Waals surface area (Å²) in [7, 11) is 0. The van der Waals surface area contributed by atoms with E-state index in [0.29, 0.717) is 31.0 Å². The summed E-state index contributed by atoms with van der Waals surface area (Å²) in [4.78, 5) is 16.6. The minimum absolute atomic E-state index is 0.220. The summed E-state index contributed by atoms with van der Waals surface area (Å²) in [6.45, 7) is 1.65. The van der Waals surface area contributed by atoms with Crippen LogP contribution in [0.15, 0.2) is 33.7 Å². The second-order valence-corrected chi connectivity index (χ2v) is 7.08. The average Bonchev–Trinajstić information content (AvgIpc) is 2.56. The van der Waals surface area contributed by atoms with E-state index in [1.54, 1.807) is 37.4 Å². The summed E-state index contributed by atoms with van der Waals surface area (Å²) in [5, 5.41) is 29.8. The number of hydrogen-bond acceptors (Lipinski definition) is 6. The minimum Gasteiger partial charge on any atom is -0.504 e. The molecule has 1 aliphatic carbocycles. The van der Waals surface area contributed by atoms with Gasteiger partial charge in [0, 0.05) is 17.3 Å². The van der Waals surface area contributed by atoms with Crippen LogP contribution in [0.25, 0.3) is 22.6 Å². The van der Waals surface area contributed by atoms with E-state index >= 15 is 0 Å². The summed E-state index contributed by atoms with van der Waals surface area (Å²) in [5.41, 5.74) is 1.45. The quantitative estimate of drug-likeness (QED) is 0.561. The van der Waals surface area contributed by atoms with Crippen LogP contribution in [0.5, 0.6) is 17.2 Å². The summed E-state index contributed by atoms with van der Waals surface area (Å²) >= 11 is 4.35. The van der Waals surface area contributed by atoms with Crippen molar-refractivity contribution in [1.29, 1.82) is 0 Å². The largest absolute Gasteiger partial charge is 0.504 e. The van der Waals surface area contributed by atoms with Gasteiger partial charge in [0.1, 0.15) is 5.01 Å². The Balaban J connectivity index is 2.02. The first-order valence-electron chi connectivity index (χ1n) is 6.89. The third-order valence-corrected chi connectivity index (χ3v) is 5.13. The minimum atomic E-state index is -0.382. The molecule has 3 rings (SSSR count). The van der Waals surface area contributed by atoms with Gasteiger partial charge in [-0.15, -0.1) is 11.3 Å². The number of rotatable bonds is 2. The molecule has 0 spiro atoms. The molecule has 0 amide bonds. The number of benzene rings is 2. The van der Waals surface area contributed by atoms with Gasteiger partial charge in [0.25, 0.3) is 0 Å². The highest BCUT2D eigenvalue weighted by molar-refractivity contribution is 9.10. The highest BCUT2D eigenvalue weighted by atomic mass is 79.9. The Kier molecular flexibility index (Phi) is 4.29. The molecular formula is C17H12BrNO4S. The molecule has 1 heterocycles. The lowest BCUT2D eigenvalue weighted by molar-refractivity contribution is 0.401. The number of fused-ring (bicyclic) bond motifs is 1. The number of aromatic hydroxyl groups is 3. The van der Waals surface area contributed by atoms with Crippen LogP contribution in [-0.2, 0) is 0 Å². The van der Waals surface area contributed by atoms with E-state index in [1.165, 1.54) is 17.4 Å². The molecule has 0 bridgehead atoms. The third kappa shape index (κ3) is 3.00. The topological polar surface area (TPSA) is 90.7 Å². The normalized spacial score (nSPS) is 11.4. The molecule has 7 heteroatoms. The van der Waals surface area contributed by atoms with Gasteiger partial charge in [0.15, 0.2) is 17.2 Å². The van der Waals surface area contributed by atoms with Gasteiger partial charge in [-0.2, -0.15) is 0 Å². The standard InChI is InChI=1S/C17H12BrNO4S/c1-8-4-10-7-19-13(24-17(10)16(23)14(8)21)3-2-9-5-11(18)15(22)12(20)6-9/h2-7,20,22-23H,1H3/b3-2+. The lowest BCUT2D eigenvalue weighted by Gasteiger charge is -2.07. The summed E-state index contributed by atoms with van der Waals surface area (Å²) in [6, 6.07) is 4.76. The Hall–Kier alpha value is -2.38. The molecular weight excluding hydrogens is 394 g/mol. The molecule has 0 radical (unpaired) electrons. The van der Waals surface area contributed by atoms with Crippen LogP contribution in [0.4, 0.5) is 0 Å². The molecule has 0 atom stereocenters. The van der Waals surface area contributed by atoms with E-state index in [1.807, 2.05) is 0 Å². The van der Waals surface area contributed by atoms with E-state index in [4.69, 9.17) is 0 Å². The predicted molar refractivity (Wildman–Crippen MR) is 97.8 cm³/mol. The molecule has 5 nitrogen and oxygen atoms in total. The van der Waals surface area contributed by atoms with Crippen molar-refractivity contribution in [1.82, 2.24) is 4.98 Å². The first-order chi connectivity index (χ1) is 11.4. The Bertz CT molecular complexity index is 973. The number of phenolic OH excluding ortho intramolecular Hbond substituents is 3. The molecule has 0 saturated heterocycles. The third-order valence-electron chi connectivity index (χ3n) is 3.44. The Morgan fingerprint density at radius 2 is 1.88 bits per heavy atom. The van der Waals surface area contributed by atoms with Gasteiger partial charge < -0.3 is 15.3 Å². The molecule has 0 saturated carbocycles. The molecule has 0 fully saturated rings. The molecule has 122 valence electrons. The van der Waals surface area contributed by atoms with Crippen molar-refractivity contribution in [3.8, 4) is 27.7 Å². The maximum absolute atomic E-state index is 11.8. The fourth-order valence-corrected chi connectivity index (χ4v) is 3.54. The zero-order valence-electron chi connectivity index (χ0n) is 12.4. The van der Waals surface area contributed by atoms with Crippen molar-refractivity contribution in [2.45, 2.75) is 6.92 Å². The van der Waals surface area contributed by atoms with Crippen molar-refractivity contribution in [3.05, 3.63) is 55.2 Å². The summed E-state index contributed by atoms with van der Waals surface area (Å²) in [6.07, 6.45) is 5.01. The Morgan fingerprint density at radius 1 is 1.12 bits per heavy atom. The van der Waals surface area contributed by atoms with E-state index in [0.717, 1.165) is 0 Å². The van der Waals surface area contributed by atoms with Gasteiger partial charge in [-0.1, -0.05) is 6.08 Å². The number of aryl methyl sites for hydroxylation is 1. The summed E-state index contributed by atoms with van der Waals surface area (Å²) in [5.74, 6) is -0.720. The second-order valence-electron chi connectivity index (χ2n) is 5.19. The van der Waals surface area contributed by atoms with Crippen LogP contribution in [0.3, 0.4) is 0 Å². The Morgan fingerprint density at radius 3 is 2.58 bits per heavy atom. The lowest BCUT2D eigenvalue weighted by atomic mass is 10.1. The summed E-state index contributed by atoms with van der Waals surface area (Å²) < 4.78 is 0.376. The molecule has 0 aromatic heterocycles.